The molecule has 0 spiro atoms. The molecule has 4 aromatic rings. The van der Waals surface area contributed by atoms with Crippen molar-refractivity contribution < 1.29 is 13.2 Å². The van der Waals surface area contributed by atoms with Crippen molar-refractivity contribution in [1.29, 1.82) is 0 Å². The van der Waals surface area contributed by atoms with Gasteiger partial charge in [0.25, 0.3) is 0 Å². The van der Waals surface area contributed by atoms with Gasteiger partial charge in [-0.15, -0.1) is 11.8 Å². The predicted octanol–water partition coefficient (Wildman–Crippen LogP) is 7.78. The molecule has 1 aliphatic rings. The zero-order valence-corrected chi connectivity index (χ0v) is 27.6. The highest BCUT2D eigenvalue weighted by atomic mass is 32.2. The third-order valence-corrected chi connectivity index (χ3v) is 8.65. The lowest BCUT2D eigenvalue weighted by atomic mass is 10.0. The van der Waals surface area contributed by atoms with Crippen molar-refractivity contribution in [3.05, 3.63) is 84.3 Å². The van der Waals surface area contributed by atoms with Crippen molar-refractivity contribution in [2.75, 3.05) is 49.6 Å². The van der Waals surface area contributed by atoms with Gasteiger partial charge in [0.1, 0.15) is 6.54 Å². The van der Waals surface area contributed by atoms with Crippen LogP contribution in [0.1, 0.15) is 43.5 Å². The molecule has 0 amide bonds. The molecule has 3 heterocycles. The number of nitrogens with zero attached hydrogens (tertiary/aromatic N) is 3. The molecule has 46 heavy (non-hydrogen) atoms. The lowest BCUT2D eigenvalue weighted by molar-refractivity contribution is -0.140. The molecular weight excluding hydrogens is 605 g/mol. The van der Waals surface area contributed by atoms with E-state index in [-0.39, 0.29) is 6.04 Å². The lowest BCUT2D eigenvalue weighted by Gasteiger charge is -2.33. The second kappa shape index (κ2) is 17.9. The number of rotatable bonds is 11. The molecule has 10 heteroatoms. The van der Waals surface area contributed by atoms with Gasteiger partial charge in [0.15, 0.2) is 0 Å². The van der Waals surface area contributed by atoms with Gasteiger partial charge in [0.05, 0.1) is 17.8 Å². The molecule has 1 aliphatic heterocycles. The number of hydrogen-bond donors (Lipinski definition) is 3. The van der Waals surface area contributed by atoms with Crippen LogP contribution in [0.15, 0.2) is 77.8 Å². The van der Waals surface area contributed by atoms with E-state index >= 15 is 0 Å². The number of aryl methyl sites for hydroxylation is 1. The SMILES string of the molecule is CSc1ccc(NCC#Cc2cc3c(NC4CCN(CCCCCN)CC4)cccc3n2CC(F)(F)F)cc1.Cc1ccccn1. The first-order chi connectivity index (χ1) is 22.3. The molecule has 2 aromatic carbocycles. The molecule has 0 unspecified atom stereocenters. The number of anilines is 2. The van der Waals surface area contributed by atoms with E-state index in [1.807, 2.05) is 67.8 Å². The summed E-state index contributed by atoms with van der Waals surface area (Å²) in [7, 11) is 0. The van der Waals surface area contributed by atoms with E-state index in [2.05, 4.69) is 32.4 Å². The van der Waals surface area contributed by atoms with Gasteiger partial charge < -0.3 is 25.8 Å². The van der Waals surface area contributed by atoms with E-state index in [1.54, 1.807) is 30.1 Å². The Bertz CT molecular complexity index is 1540. The van der Waals surface area contributed by atoms with Gasteiger partial charge in [0.2, 0.25) is 0 Å². The average Bonchev–Trinajstić information content (AvgIpc) is 3.39. The molecule has 0 radical (unpaired) electrons. The molecule has 0 bridgehead atoms. The minimum Gasteiger partial charge on any atom is -0.382 e. The van der Waals surface area contributed by atoms with Gasteiger partial charge in [-0.25, -0.2) is 0 Å². The highest BCUT2D eigenvalue weighted by Gasteiger charge is 2.30. The third-order valence-electron chi connectivity index (χ3n) is 7.91. The van der Waals surface area contributed by atoms with E-state index in [4.69, 9.17) is 5.73 Å². The van der Waals surface area contributed by atoms with Gasteiger partial charge in [-0.1, -0.05) is 24.5 Å². The summed E-state index contributed by atoms with van der Waals surface area (Å²) in [4.78, 5) is 7.64. The summed E-state index contributed by atoms with van der Waals surface area (Å²) in [6.45, 7) is 5.13. The normalized spacial score (nSPS) is 13.9. The summed E-state index contributed by atoms with van der Waals surface area (Å²) < 4.78 is 41.9. The number of nitrogens with one attached hydrogen (secondary N) is 2. The Kier molecular flexibility index (Phi) is 13.7. The van der Waals surface area contributed by atoms with Crippen LogP contribution in [0.5, 0.6) is 0 Å². The van der Waals surface area contributed by atoms with Gasteiger partial charge in [0, 0.05) is 52.7 Å². The summed E-state index contributed by atoms with van der Waals surface area (Å²) in [5, 5.41) is 7.62. The molecule has 0 atom stereocenters. The minimum absolute atomic E-state index is 0.290. The molecular formula is C36H45F3N6S. The van der Waals surface area contributed by atoms with Gasteiger partial charge in [-0.05, 0) is 112 Å². The molecule has 0 aliphatic carbocycles. The highest BCUT2D eigenvalue weighted by Crippen LogP contribution is 2.31. The monoisotopic (exact) mass is 650 g/mol. The van der Waals surface area contributed by atoms with Crippen molar-refractivity contribution in [3.63, 3.8) is 0 Å². The maximum Gasteiger partial charge on any atom is 0.406 e. The highest BCUT2D eigenvalue weighted by molar-refractivity contribution is 7.98. The van der Waals surface area contributed by atoms with Crippen LogP contribution in [0, 0.1) is 18.8 Å². The van der Waals surface area contributed by atoms with Crippen LogP contribution in [0.2, 0.25) is 0 Å². The smallest absolute Gasteiger partial charge is 0.382 e. The van der Waals surface area contributed by atoms with E-state index in [9.17, 15) is 13.2 Å². The Morgan fingerprint density at radius 3 is 2.41 bits per heavy atom. The maximum absolute atomic E-state index is 13.5. The minimum atomic E-state index is -4.35. The van der Waals surface area contributed by atoms with Crippen molar-refractivity contribution in [3.8, 4) is 11.8 Å². The quantitative estimate of drug-likeness (QED) is 0.0875. The van der Waals surface area contributed by atoms with Crippen LogP contribution in [-0.2, 0) is 6.54 Å². The number of thioether (sulfide) groups is 1. The predicted molar refractivity (Wildman–Crippen MR) is 187 cm³/mol. The molecule has 1 saturated heterocycles. The molecule has 1 fully saturated rings. The number of aromatic nitrogens is 2. The van der Waals surface area contributed by atoms with Crippen LogP contribution < -0.4 is 16.4 Å². The van der Waals surface area contributed by atoms with Crippen LogP contribution in [0.3, 0.4) is 0 Å². The summed E-state index contributed by atoms with van der Waals surface area (Å²) in [5.41, 5.74) is 9.36. The first-order valence-corrected chi connectivity index (χ1v) is 17.1. The summed E-state index contributed by atoms with van der Waals surface area (Å²) in [6.07, 6.45) is 4.88. The number of hydrogen-bond acceptors (Lipinski definition) is 6. The molecule has 6 nitrogen and oxygen atoms in total. The van der Waals surface area contributed by atoms with Gasteiger partial charge in [-0.2, -0.15) is 13.2 Å². The fourth-order valence-corrected chi connectivity index (χ4v) is 5.89. The fraction of sp³-hybridized carbons (Fsp3) is 0.417. The van der Waals surface area contributed by atoms with E-state index in [0.717, 1.165) is 79.2 Å². The number of likely N-dealkylation sites (tertiary alicyclic amines) is 1. The lowest BCUT2D eigenvalue weighted by Crippen LogP contribution is -2.39. The molecule has 0 saturated carbocycles. The number of unbranched alkanes of at least 4 members (excludes halogenated alkanes) is 2. The summed E-state index contributed by atoms with van der Waals surface area (Å²) >= 11 is 1.67. The molecule has 246 valence electrons. The first kappa shape index (κ1) is 35.2. The number of fused-ring (bicyclic) bond motifs is 1. The Morgan fingerprint density at radius 2 is 1.78 bits per heavy atom. The number of pyridine rings is 1. The maximum atomic E-state index is 13.5. The third kappa shape index (κ3) is 11.3. The number of benzene rings is 2. The van der Waals surface area contributed by atoms with Crippen LogP contribution in [0.4, 0.5) is 24.5 Å². The first-order valence-electron chi connectivity index (χ1n) is 15.9. The van der Waals surface area contributed by atoms with Gasteiger partial charge in [-0.3, -0.25) is 4.98 Å². The Labute approximate surface area is 275 Å². The fourth-order valence-electron chi connectivity index (χ4n) is 5.48. The second-order valence-electron chi connectivity index (χ2n) is 11.4. The van der Waals surface area contributed by atoms with Gasteiger partial charge >= 0.3 is 6.18 Å². The molecule has 4 N–H and O–H groups in total. The van der Waals surface area contributed by atoms with E-state index in [1.165, 1.54) is 11.0 Å². The Hall–Kier alpha value is -3.65. The topological polar surface area (TPSA) is 71.1 Å². The van der Waals surface area contributed by atoms with Crippen molar-refractivity contribution in [2.24, 2.45) is 5.73 Å². The zero-order valence-electron chi connectivity index (χ0n) is 26.7. The molecule has 2 aromatic heterocycles. The number of alkyl halides is 3. The van der Waals surface area contributed by atoms with Crippen LogP contribution >= 0.6 is 11.8 Å². The van der Waals surface area contributed by atoms with Crippen LogP contribution in [-0.4, -0.2) is 65.6 Å². The standard InChI is InChI=1S/C30H38F3N5S.C6H7N/c1-39-26-12-10-23(11-13-26)35-17-6-7-25-21-27-28(8-5-9-29(27)38(25)22-30(31,32)33)36-24-14-19-37(20-15-24)18-4-2-3-16-34;1-6-4-2-3-5-7-6/h5,8-13,21,24,35-36H,2-4,14-20,22,34H2,1H3;2-5H,1H3. The molecule has 5 rings (SSSR count). The Morgan fingerprint density at radius 1 is 1.00 bits per heavy atom. The Balaban J connectivity index is 0.000000606. The number of nitrogens with two attached hydrogens (primary N) is 1. The zero-order chi connectivity index (χ0) is 32.8. The van der Waals surface area contributed by atoms with Crippen molar-refractivity contribution in [1.82, 2.24) is 14.5 Å². The second-order valence-corrected chi connectivity index (χ2v) is 12.3. The summed E-state index contributed by atoms with van der Waals surface area (Å²) in [5.74, 6) is 6.00. The van der Waals surface area contributed by atoms with E-state index in [0.29, 0.717) is 17.8 Å². The summed E-state index contributed by atoms with van der Waals surface area (Å²) in [6, 6.07) is 21.4. The van der Waals surface area contributed by atoms with Crippen molar-refractivity contribution in [2.45, 2.75) is 62.7 Å². The number of piperidine rings is 1. The largest absolute Gasteiger partial charge is 0.406 e. The van der Waals surface area contributed by atoms with Crippen molar-refractivity contribution >= 4 is 34.0 Å². The van der Waals surface area contributed by atoms with E-state index < -0.39 is 12.7 Å². The number of halogens is 3. The van der Waals surface area contributed by atoms with Crippen LogP contribution in [0.25, 0.3) is 10.9 Å². The average molecular weight is 651 g/mol.